The number of ether oxygens (including phenoxy) is 2. The predicted octanol–water partition coefficient (Wildman–Crippen LogP) is 4.49. The number of amides is 2. The molecule has 1 unspecified atom stereocenters. The molecule has 0 fully saturated rings. The molecule has 0 bridgehead atoms. The molecule has 158 valence electrons. The van der Waals surface area contributed by atoms with Crippen molar-refractivity contribution >= 4 is 34.0 Å². The Morgan fingerprint density at radius 2 is 1.97 bits per heavy atom. The van der Waals surface area contributed by atoms with Crippen LogP contribution in [0.2, 0.25) is 0 Å². The number of nitrogens with zero attached hydrogens (tertiary/aromatic N) is 1. The van der Waals surface area contributed by atoms with Crippen LogP contribution in [0.15, 0.2) is 42.5 Å². The largest absolute Gasteiger partial charge is 0.454 e. The molecule has 3 aromatic rings. The average molecular weight is 436 g/mol. The fourth-order valence-corrected chi connectivity index (χ4v) is 4.95. The van der Waals surface area contributed by atoms with Gasteiger partial charge >= 0.3 is 0 Å². The summed E-state index contributed by atoms with van der Waals surface area (Å²) in [6.07, 6.45) is 2.52. The van der Waals surface area contributed by atoms with Gasteiger partial charge in [0.25, 0.3) is 5.91 Å². The first-order valence-corrected chi connectivity index (χ1v) is 11.0. The highest BCUT2D eigenvalue weighted by atomic mass is 32.1. The minimum absolute atomic E-state index is 0.0644. The molecular weight excluding hydrogens is 414 g/mol. The summed E-state index contributed by atoms with van der Waals surface area (Å²) in [6.45, 7) is 2.15. The maximum atomic E-state index is 12.9. The Morgan fingerprint density at radius 1 is 1.10 bits per heavy atom. The molecule has 5 rings (SSSR count). The van der Waals surface area contributed by atoms with Crippen LogP contribution in [0.1, 0.15) is 45.3 Å². The molecule has 0 saturated carbocycles. The number of hydrogen-bond acceptors (Lipinski definition) is 6. The molecular formula is C23H21N3O4S. The van der Waals surface area contributed by atoms with Gasteiger partial charge in [0.1, 0.15) is 0 Å². The summed E-state index contributed by atoms with van der Waals surface area (Å²) in [6, 6.07) is 12.8. The molecule has 8 heteroatoms. The van der Waals surface area contributed by atoms with Crippen molar-refractivity contribution in [3.8, 4) is 11.5 Å². The Bertz CT molecular complexity index is 1170. The maximum absolute atomic E-state index is 12.9. The highest BCUT2D eigenvalue weighted by Crippen LogP contribution is 2.38. The van der Waals surface area contributed by atoms with Gasteiger partial charge in [0.05, 0.1) is 11.6 Å². The third kappa shape index (κ3) is 3.98. The number of nitrogens with one attached hydrogen (secondary N) is 2. The molecule has 2 amide bonds. The van der Waals surface area contributed by atoms with Crippen LogP contribution in [0, 0.1) is 6.92 Å². The summed E-state index contributed by atoms with van der Waals surface area (Å²) in [7, 11) is 0. The van der Waals surface area contributed by atoms with Crippen molar-refractivity contribution in [2.45, 2.75) is 32.1 Å². The Morgan fingerprint density at radius 3 is 2.84 bits per heavy atom. The van der Waals surface area contributed by atoms with Crippen molar-refractivity contribution in [2.75, 3.05) is 17.4 Å². The minimum atomic E-state index is -0.322. The van der Waals surface area contributed by atoms with E-state index < -0.39 is 0 Å². The molecule has 0 spiro atoms. The number of benzene rings is 2. The molecule has 2 aliphatic rings. The molecule has 2 aromatic carbocycles. The number of hydrogen-bond donors (Lipinski definition) is 2. The Hall–Kier alpha value is -3.39. The van der Waals surface area contributed by atoms with Gasteiger partial charge in [-0.05, 0) is 62.1 Å². The molecule has 31 heavy (non-hydrogen) atoms. The number of carbonyl (C=O) groups is 2. The lowest BCUT2D eigenvalue weighted by Crippen LogP contribution is -2.24. The zero-order chi connectivity index (χ0) is 21.4. The van der Waals surface area contributed by atoms with Crippen LogP contribution in [-0.2, 0) is 11.2 Å². The lowest BCUT2D eigenvalue weighted by Gasteiger charge is -2.20. The van der Waals surface area contributed by atoms with Crippen LogP contribution in [0.3, 0.4) is 0 Å². The van der Waals surface area contributed by atoms with E-state index in [0.717, 1.165) is 41.1 Å². The van der Waals surface area contributed by atoms with Crippen LogP contribution in [0.5, 0.6) is 11.5 Å². The Balaban J connectivity index is 1.32. The second-order valence-electron chi connectivity index (χ2n) is 7.65. The molecule has 1 aliphatic heterocycles. The molecule has 7 nitrogen and oxygen atoms in total. The number of rotatable bonds is 4. The summed E-state index contributed by atoms with van der Waals surface area (Å²) in [4.78, 5) is 31.3. The third-order valence-corrected chi connectivity index (χ3v) is 6.46. The number of anilines is 2. The fourth-order valence-electron chi connectivity index (χ4n) is 3.89. The SMILES string of the molecule is Cc1cccc(NC(=O)C2CCCc3sc(NC(=O)c4ccc5c(c4)OCO5)nc32)c1. The first-order valence-electron chi connectivity index (χ1n) is 10.1. The van der Waals surface area contributed by atoms with E-state index in [1.54, 1.807) is 18.2 Å². The van der Waals surface area contributed by atoms with Gasteiger partial charge in [-0.1, -0.05) is 12.1 Å². The number of aromatic nitrogens is 1. The minimum Gasteiger partial charge on any atom is -0.454 e. The van der Waals surface area contributed by atoms with Crippen molar-refractivity contribution in [2.24, 2.45) is 0 Å². The van der Waals surface area contributed by atoms with Gasteiger partial charge in [-0.25, -0.2) is 4.98 Å². The van der Waals surface area contributed by atoms with Gasteiger partial charge in [0.2, 0.25) is 12.7 Å². The van der Waals surface area contributed by atoms with Crippen LogP contribution in [-0.4, -0.2) is 23.6 Å². The molecule has 1 aromatic heterocycles. The van der Waals surface area contributed by atoms with Crippen LogP contribution < -0.4 is 20.1 Å². The molecule has 0 saturated heterocycles. The van der Waals surface area contributed by atoms with Crippen molar-refractivity contribution in [3.05, 3.63) is 64.2 Å². The zero-order valence-electron chi connectivity index (χ0n) is 16.9. The molecule has 2 N–H and O–H groups in total. The Kier molecular flexibility index (Phi) is 5.07. The summed E-state index contributed by atoms with van der Waals surface area (Å²) in [5.41, 5.74) is 3.10. The lowest BCUT2D eigenvalue weighted by molar-refractivity contribution is -0.117. The number of carbonyl (C=O) groups excluding carboxylic acids is 2. The van der Waals surface area contributed by atoms with E-state index in [0.29, 0.717) is 22.2 Å². The molecule has 0 radical (unpaired) electrons. The van der Waals surface area contributed by atoms with Crippen molar-refractivity contribution in [1.82, 2.24) is 4.98 Å². The van der Waals surface area contributed by atoms with Gasteiger partial charge in [0, 0.05) is 16.1 Å². The monoisotopic (exact) mass is 435 g/mol. The van der Waals surface area contributed by atoms with Gasteiger partial charge in [-0.3, -0.25) is 14.9 Å². The van der Waals surface area contributed by atoms with E-state index in [4.69, 9.17) is 9.47 Å². The van der Waals surface area contributed by atoms with E-state index in [2.05, 4.69) is 15.6 Å². The highest BCUT2D eigenvalue weighted by Gasteiger charge is 2.31. The highest BCUT2D eigenvalue weighted by molar-refractivity contribution is 7.16. The maximum Gasteiger partial charge on any atom is 0.257 e. The average Bonchev–Trinajstić information content (AvgIpc) is 3.39. The second kappa shape index (κ2) is 8.03. The van der Waals surface area contributed by atoms with Gasteiger partial charge in [-0.2, -0.15) is 0 Å². The Labute approximate surface area is 183 Å². The van der Waals surface area contributed by atoms with Gasteiger partial charge in [0.15, 0.2) is 16.6 Å². The van der Waals surface area contributed by atoms with Crippen molar-refractivity contribution in [1.29, 1.82) is 0 Å². The summed E-state index contributed by atoms with van der Waals surface area (Å²) >= 11 is 1.43. The summed E-state index contributed by atoms with van der Waals surface area (Å²) in [5, 5.41) is 6.37. The van der Waals surface area contributed by atoms with Crippen molar-refractivity contribution in [3.63, 3.8) is 0 Å². The second-order valence-corrected chi connectivity index (χ2v) is 8.74. The van der Waals surface area contributed by atoms with Crippen molar-refractivity contribution < 1.29 is 19.1 Å². The summed E-state index contributed by atoms with van der Waals surface area (Å²) in [5.74, 6) is 0.523. The predicted molar refractivity (Wildman–Crippen MR) is 118 cm³/mol. The number of thiazole rings is 1. The number of aryl methyl sites for hydroxylation is 2. The van der Waals surface area contributed by atoms with E-state index >= 15 is 0 Å². The van der Waals surface area contributed by atoms with Crippen LogP contribution >= 0.6 is 11.3 Å². The topological polar surface area (TPSA) is 89.6 Å². The lowest BCUT2D eigenvalue weighted by atomic mass is 9.90. The smallest absolute Gasteiger partial charge is 0.257 e. The van der Waals surface area contributed by atoms with E-state index in [-0.39, 0.29) is 24.5 Å². The van der Waals surface area contributed by atoms with Gasteiger partial charge < -0.3 is 14.8 Å². The fraction of sp³-hybridized carbons (Fsp3) is 0.261. The third-order valence-electron chi connectivity index (χ3n) is 5.41. The zero-order valence-corrected chi connectivity index (χ0v) is 17.8. The molecule has 1 aliphatic carbocycles. The van der Waals surface area contributed by atoms with E-state index in [1.165, 1.54) is 11.3 Å². The molecule has 1 atom stereocenters. The van der Waals surface area contributed by atoms with E-state index in [1.807, 2.05) is 31.2 Å². The first-order chi connectivity index (χ1) is 15.1. The normalized spacial score (nSPS) is 16.5. The first kappa shape index (κ1) is 19.6. The van der Waals surface area contributed by atoms with E-state index in [9.17, 15) is 9.59 Å². The van der Waals surface area contributed by atoms with Crippen LogP contribution in [0.4, 0.5) is 10.8 Å². The van der Waals surface area contributed by atoms with Gasteiger partial charge in [-0.15, -0.1) is 11.3 Å². The standard InChI is InChI=1S/C23H21N3O4S/c1-13-4-2-5-15(10-13)24-22(28)16-6-3-7-19-20(16)25-23(31-19)26-21(27)14-8-9-17-18(11-14)30-12-29-17/h2,4-5,8-11,16H,3,6-7,12H2,1H3,(H,24,28)(H,25,26,27). The summed E-state index contributed by atoms with van der Waals surface area (Å²) < 4.78 is 10.6. The quantitative estimate of drug-likeness (QED) is 0.630. The number of fused-ring (bicyclic) bond motifs is 2. The molecule has 2 heterocycles. The van der Waals surface area contributed by atoms with Crippen LogP contribution in [0.25, 0.3) is 0 Å².